The molecular weight excluding hydrogens is 246 g/mol. The molecule has 0 aliphatic carbocycles. The summed E-state index contributed by atoms with van der Waals surface area (Å²) in [6, 6.07) is -0.0250. The van der Waals surface area contributed by atoms with Crippen molar-refractivity contribution < 1.29 is 4.79 Å². The first kappa shape index (κ1) is 13.5. The highest BCUT2D eigenvalue weighted by Crippen LogP contribution is 2.32. The minimum atomic E-state index is -0.306. The van der Waals surface area contributed by atoms with Crippen molar-refractivity contribution in [3.05, 3.63) is 16.6 Å². The molecule has 0 spiro atoms. The molecule has 4 nitrogen and oxygen atoms in total. The van der Waals surface area contributed by atoms with Gasteiger partial charge in [-0.05, 0) is 33.2 Å². The second kappa shape index (κ2) is 5.36. The molecule has 1 unspecified atom stereocenters. The fraction of sp³-hybridized carbons (Fsp3) is 0.692. The van der Waals surface area contributed by atoms with Crippen molar-refractivity contribution in [3.8, 4) is 0 Å². The van der Waals surface area contributed by atoms with Crippen molar-refractivity contribution in [2.24, 2.45) is 0 Å². The van der Waals surface area contributed by atoms with Crippen molar-refractivity contribution in [3.63, 3.8) is 0 Å². The van der Waals surface area contributed by atoms with E-state index in [0.717, 1.165) is 30.9 Å². The summed E-state index contributed by atoms with van der Waals surface area (Å²) in [5, 5.41) is 6.25. The highest BCUT2D eigenvalue weighted by atomic mass is 32.1. The molecule has 18 heavy (non-hydrogen) atoms. The first-order chi connectivity index (χ1) is 8.57. The van der Waals surface area contributed by atoms with Crippen LogP contribution in [-0.2, 0) is 10.3 Å². The van der Waals surface area contributed by atoms with Crippen molar-refractivity contribution in [1.29, 1.82) is 0 Å². The van der Waals surface area contributed by atoms with E-state index in [9.17, 15) is 4.79 Å². The van der Waals surface area contributed by atoms with Gasteiger partial charge in [0.1, 0.15) is 5.01 Å². The summed E-state index contributed by atoms with van der Waals surface area (Å²) in [6.07, 6.45) is 3.80. The van der Waals surface area contributed by atoms with Crippen molar-refractivity contribution >= 4 is 17.2 Å². The Morgan fingerprint density at radius 1 is 1.61 bits per heavy atom. The van der Waals surface area contributed by atoms with Gasteiger partial charge in [0.05, 0.1) is 11.6 Å². The topological polar surface area (TPSA) is 45.2 Å². The highest BCUT2D eigenvalue weighted by molar-refractivity contribution is 7.09. The Hall–Kier alpha value is -0.940. The lowest BCUT2D eigenvalue weighted by Crippen LogP contribution is -2.56. The maximum atomic E-state index is 12.5. The van der Waals surface area contributed by atoms with Crippen molar-refractivity contribution in [2.75, 3.05) is 13.1 Å². The van der Waals surface area contributed by atoms with E-state index in [1.165, 1.54) is 0 Å². The Labute approximate surface area is 112 Å². The molecule has 1 aromatic heterocycles. The molecule has 1 aliphatic heterocycles. The van der Waals surface area contributed by atoms with Crippen LogP contribution in [-0.4, -0.2) is 34.9 Å². The molecule has 2 rings (SSSR count). The molecule has 0 saturated carbocycles. The molecule has 1 saturated heterocycles. The van der Waals surface area contributed by atoms with Gasteiger partial charge in [0.15, 0.2) is 0 Å². The maximum absolute atomic E-state index is 12.5. The van der Waals surface area contributed by atoms with Gasteiger partial charge in [-0.1, -0.05) is 6.92 Å². The van der Waals surface area contributed by atoms with Gasteiger partial charge < -0.3 is 10.2 Å². The van der Waals surface area contributed by atoms with Gasteiger partial charge in [-0.2, -0.15) is 0 Å². The van der Waals surface area contributed by atoms with E-state index in [-0.39, 0.29) is 17.5 Å². The van der Waals surface area contributed by atoms with E-state index in [2.05, 4.69) is 24.1 Å². The van der Waals surface area contributed by atoms with Gasteiger partial charge in [0, 0.05) is 18.1 Å². The lowest BCUT2D eigenvalue weighted by molar-refractivity contribution is -0.142. The standard InChI is InChI=1S/C13H21N3OS/c1-4-14-10-6-5-8-16(11(10)17)13(2,3)12-15-7-9-18-12/h7,9-10,14H,4-6,8H2,1-3H3. The zero-order valence-electron chi connectivity index (χ0n) is 11.3. The van der Waals surface area contributed by atoms with Crippen LogP contribution in [0.4, 0.5) is 0 Å². The number of amides is 1. The van der Waals surface area contributed by atoms with Crippen LogP contribution in [0.5, 0.6) is 0 Å². The molecule has 1 aromatic rings. The predicted octanol–water partition coefficient (Wildman–Crippen LogP) is 1.98. The number of hydrogen-bond donors (Lipinski definition) is 1. The summed E-state index contributed by atoms with van der Waals surface area (Å²) in [5.74, 6) is 0.211. The molecule has 1 amide bonds. The van der Waals surface area contributed by atoms with Crippen LogP contribution in [0.25, 0.3) is 0 Å². The first-order valence-corrected chi connectivity index (χ1v) is 7.40. The van der Waals surface area contributed by atoms with E-state index in [0.29, 0.717) is 0 Å². The molecule has 0 bridgehead atoms. The van der Waals surface area contributed by atoms with E-state index in [4.69, 9.17) is 0 Å². The number of nitrogens with one attached hydrogen (secondary N) is 1. The molecule has 0 radical (unpaired) electrons. The van der Waals surface area contributed by atoms with Crippen LogP contribution in [0.15, 0.2) is 11.6 Å². The quantitative estimate of drug-likeness (QED) is 0.907. The van der Waals surface area contributed by atoms with Gasteiger partial charge in [-0.25, -0.2) is 4.98 Å². The second-order valence-electron chi connectivity index (χ2n) is 5.14. The summed E-state index contributed by atoms with van der Waals surface area (Å²) < 4.78 is 0. The van der Waals surface area contributed by atoms with Crippen LogP contribution in [0.3, 0.4) is 0 Å². The Morgan fingerprint density at radius 3 is 3.00 bits per heavy atom. The smallest absolute Gasteiger partial charge is 0.240 e. The normalized spacial score (nSPS) is 21.4. The van der Waals surface area contributed by atoms with Crippen LogP contribution in [0.1, 0.15) is 38.6 Å². The average Bonchev–Trinajstić information content (AvgIpc) is 2.86. The largest absolute Gasteiger partial charge is 0.330 e. The minimum Gasteiger partial charge on any atom is -0.330 e. The number of likely N-dealkylation sites (N-methyl/N-ethyl adjacent to an activating group) is 1. The number of nitrogens with zero attached hydrogens (tertiary/aromatic N) is 2. The average molecular weight is 267 g/mol. The fourth-order valence-electron chi connectivity index (χ4n) is 2.51. The number of likely N-dealkylation sites (tertiary alicyclic amines) is 1. The highest BCUT2D eigenvalue weighted by Gasteiger charge is 2.39. The number of aromatic nitrogens is 1. The zero-order chi connectivity index (χ0) is 13.2. The van der Waals surface area contributed by atoms with E-state index in [1.54, 1.807) is 17.5 Å². The van der Waals surface area contributed by atoms with Gasteiger partial charge in [0.2, 0.25) is 5.91 Å². The fourth-order valence-corrected chi connectivity index (χ4v) is 3.28. The van der Waals surface area contributed by atoms with Crippen molar-refractivity contribution in [2.45, 2.75) is 45.2 Å². The molecule has 1 N–H and O–H groups in total. The summed E-state index contributed by atoms with van der Waals surface area (Å²) in [4.78, 5) is 18.8. The monoisotopic (exact) mass is 267 g/mol. The van der Waals surface area contributed by atoms with E-state index in [1.807, 2.05) is 17.2 Å². The van der Waals surface area contributed by atoms with Gasteiger partial charge in [-0.3, -0.25) is 4.79 Å². The van der Waals surface area contributed by atoms with Gasteiger partial charge in [0.25, 0.3) is 0 Å². The summed E-state index contributed by atoms with van der Waals surface area (Å²) >= 11 is 1.61. The number of piperidine rings is 1. The summed E-state index contributed by atoms with van der Waals surface area (Å²) in [5.41, 5.74) is -0.306. The summed E-state index contributed by atoms with van der Waals surface area (Å²) in [7, 11) is 0. The van der Waals surface area contributed by atoms with Crippen LogP contribution in [0, 0.1) is 0 Å². The van der Waals surface area contributed by atoms with E-state index >= 15 is 0 Å². The molecule has 0 aromatic carbocycles. The van der Waals surface area contributed by atoms with Crippen LogP contribution >= 0.6 is 11.3 Å². The molecule has 2 heterocycles. The lowest BCUT2D eigenvalue weighted by atomic mass is 9.96. The number of carbonyl (C=O) groups excluding carboxylic acids is 1. The van der Waals surface area contributed by atoms with Gasteiger partial charge >= 0.3 is 0 Å². The SMILES string of the molecule is CCNC1CCCN(C(C)(C)c2nccs2)C1=O. The Balaban J connectivity index is 2.19. The summed E-state index contributed by atoms with van der Waals surface area (Å²) in [6.45, 7) is 7.86. The van der Waals surface area contributed by atoms with Crippen LogP contribution < -0.4 is 5.32 Å². The predicted molar refractivity (Wildman–Crippen MR) is 73.6 cm³/mol. The zero-order valence-corrected chi connectivity index (χ0v) is 12.1. The Morgan fingerprint density at radius 2 is 2.39 bits per heavy atom. The van der Waals surface area contributed by atoms with E-state index < -0.39 is 0 Å². The maximum Gasteiger partial charge on any atom is 0.240 e. The molecule has 1 aliphatic rings. The number of rotatable bonds is 4. The van der Waals surface area contributed by atoms with Crippen LogP contribution in [0.2, 0.25) is 0 Å². The third-order valence-corrected chi connectivity index (χ3v) is 4.61. The van der Waals surface area contributed by atoms with Gasteiger partial charge in [-0.15, -0.1) is 11.3 Å². The minimum absolute atomic E-state index is 0.0250. The third-order valence-electron chi connectivity index (χ3n) is 3.52. The number of carbonyl (C=O) groups is 1. The molecule has 1 atom stereocenters. The lowest BCUT2D eigenvalue weighted by Gasteiger charge is -2.42. The first-order valence-electron chi connectivity index (χ1n) is 6.52. The molecule has 5 heteroatoms. The number of thiazole rings is 1. The molecule has 100 valence electrons. The molecule has 1 fully saturated rings. The Kier molecular flexibility index (Phi) is 4.02. The molecular formula is C13H21N3OS. The Bertz CT molecular complexity index is 400. The second-order valence-corrected chi connectivity index (χ2v) is 6.03. The van der Waals surface area contributed by atoms with Crippen molar-refractivity contribution in [1.82, 2.24) is 15.2 Å². The third kappa shape index (κ3) is 2.42. The number of hydrogen-bond acceptors (Lipinski definition) is 4.